The molecule has 0 bridgehead atoms. The molecule has 0 N–H and O–H groups in total. The Bertz CT molecular complexity index is 352. The first-order valence-electron chi connectivity index (χ1n) is 4.31. The van der Waals surface area contributed by atoms with Crippen LogP contribution in [0.5, 0.6) is 0 Å². The third kappa shape index (κ3) is 1.74. The number of carbonyl (C=O) groups is 1. The van der Waals surface area contributed by atoms with Crippen molar-refractivity contribution in [1.29, 1.82) is 0 Å². The van der Waals surface area contributed by atoms with Crippen LogP contribution in [0.2, 0.25) is 5.02 Å². The summed E-state index contributed by atoms with van der Waals surface area (Å²) < 4.78 is 0. The van der Waals surface area contributed by atoms with Crippen molar-refractivity contribution in [3.05, 3.63) is 34.9 Å². The molecule has 1 heterocycles. The van der Waals surface area contributed by atoms with E-state index in [-0.39, 0.29) is 11.3 Å². The minimum atomic E-state index is 0.153. The molecule has 1 aromatic carbocycles. The van der Waals surface area contributed by atoms with Gasteiger partial charge in [0.1, 0.15) is 5.37 Å². The average Bonchev–Trinajstić information content (AvgIpc) is 2.50. The van der Waals surface area contributed by atoms with Gasteiger partial charge in [0.2, 0.25) is 5.91 Å². The highest BCUT2D eigenvalue weighted by molar-refractivity contribution is 8.00. The zero-order chi connectivity index (χ0) is 10.1. The third-order valence-electron chi connectivity index (χ3n) is 2.26. The predicted octanol–water partition coefficient (Wildman–Crippen LogP) is 2.54. The lowest BCUT2D eigenvalue weighted by Gasteiger charge is -2.18. The van der Waals surface area contributed by atoms with E-state index in [2.05, 4.69) is 0 Å². The first-order chi connectivity index (χ1) is 6.68. The first-order valence-corrected chi connectivity index (χ1v) is 5.74. The standard InChI is InChI=1S/C10H10ClNOS/c1-12-9(13)6-14-10(12)7-2-4-8(11)5-3-7/h2-5,10H,6H2,1H3. The van der Waals surface area contributed by atoms with E-state index in [1.807, 2.05) is 31.3 Å². The van der Waals surface area contributed by atoms with Gasteiger partial charge in [-0.2, -0.15) is 0 Å². The van der Waals surface area contributed by atoms with Crippen molar-refractivity contribution in [2.24, 2.45) is 0 Å². The first kappa shape index (κ1) is 9.87. The van der Waals surface area contributed by atoms with Gasteiger partial charge in [0.05, 0.1) is 5.75 Å². The number of carbonyl (C=O) groups excluding carboxylic acids is 1. The summed E-state index contributed by atoms with van der Waals surface area (Å²) in [5.41, 5.74) is 1.13. The summed E-state index contributed by atoms with van der Waals surface area (Å²) in [5.74, 6) is 0.763. The van der Waals surface area contributed by atoms with Crippen LogP contribution in [-0.2, 0) is 4.79 Å². The monoisotopic (exact) mass is 227 g/mol. The molecule has 1 aliphatic heterocycles. The van der Waals surface area contributed by atoms with Gasteiger partial charge in [0, 0.05) is 12.1 Å². The fraction of sp³-hybridized carbons (Fsp3) is 0.300. The minimum absolute atomic E-state index is 0.153. The van der Waals surface area contributed by atoms with Gasteiger partial charge in [-0.3, -0.25) is 4.79 Å². The molecule has 1 aromatic rings. The van der Waals surface area contributed by atoms with Gasteiger partial charge >= 0.3 is 0 Å². The van der Waals surface area contributed by atoms with Crippen molar-refractivity contribution in [2.45, 2.75) is 5.37 Å². The maximum absolute atomic E-state index is 11.3. The molecule has 0 spiro atoms. The topological polar surface area (TPSA) is 20.3 Å². The van der Waals surface area contributed by atoms with Crippen LogP contribution in [0.15, 0.2) is 24.3 Å². The molecule has 4 heteroatoms. The number of thioether (sulfide) groups is 1. The summed E-state index contributed by atoms with van der Waals surface area (Å²) in [6.45, 7) is 0. The van der Waals surface area contributed by atoms with Gasteiger partial charge in [0.25, 0.3) is 0 Å². The van der Waals surface area contributed by atoms with Crippen LogP contribution in [0.1, 0.15) is 10.9 Å². The Morgan fingerprint density at radius 2 is 2.07 bits per heavy atom. The largest absolute Gasteiger partial charge is 0.329 e. The SMILES string of the molecule is CN1C(=O)CSC1c1ccc(Cl)cc1. The molecule has 1 fully saturated rings. The van der Waals surface area contributed by atoms with Crippen LogP contribution in [0.25, 0.3) is 0 Å². The Kier molecular flexibility index (Phi) is 2.70. The van der Waals surface area contributed by atoms with E-state index >= 15 is 0 Å². The fourth-order valence-corrected chi connectivity index (χ4v) is 2.76. The van der Waals surface area contributed by atoms with Crippen LogP contribution in [0.3, 0.4) is 0 Å². The summed E-state index contributed by atoms with van der Waals surface area (Å²) in [6, 6.07) is 7.65. The molecule has 1 aliphatic rings. The predicted molar refractivity (Wildman–Crippen MR) is 59.4 cm³/mol. The zero-order valence-corrected chi connectivity index (χ0v) is 9.31. The van der Waals surface area contributed by atoms with Gasteiger partial charge < -0.3 is 4.90 Å². The van der Waals surface area contributed by atoms with Crippen molar-refractivity contribution in [1.82, 2.24) is 4.90 Å². The van der Waals surface area contributed by atoms with Gasteiger partial charge in [-0.05, 0) is 17.7 Å². The molecule has 0 aliphatic carbocycles. The molecule has 1 unspecified atom stereocenters. The summed E-state index contributed by atoms with van der Waals surface area (Å²) >= 11 is 7.45. The normalized spacial score (nSPS) is 21.7. The molecule has 0 saturated carbocycles. The third-order valence-corrected chi connectivity index (χ3v) is 3.83. The maximum Gasteiger partial charge on any atom is 0.233 e. The van der Waals surface area contributed by atoms with E-state index in [9.17, 15) is 4.79 Å². The molecule has 0 aromatic heterocycles. The molecular weight excluding hydrogens is 218 g/mol. The number of hydrogen-bond acceptors (Lipinski definition) is 2. The second-order valence-corrected chi connectivity index (χ2v) is 4.72. The zero-order valence-electron chi connectivity index (χ0n) is 7.74. The van der Waals surface area contributed by atoms with E-state index in [0.717, 1.165) is 10.6 Å². The highest BCUT2D eigenvalue weighted by atomic mass is 35.5. The number of benzene rings is 1. The van der Waals surface area contributed by atoms with Crippen LogP contribution in [0, 0.1) is 0 Å². The minimum Gasteiger partial charge on any atom is -0.329 e. The van der Waals surface area contributed by atoms with E-state index in [1.165, 1.54) is 0 Å². The van der Waals surface area contributed by atoms with E-state index in [4.69, 9.17) is 11.6 Å². The maximum atomic E-state index is 11.3. The van der Waals surface area contributed by atoms with Crippen molar-refractivity contribution in [3.8, 4) is 0 Å². The lowest BCUT2D eigenvalue weighted by atomic mass is 10.2. The molecule has 14 heavy (non-hydrogen) atoms. The van der Waals surface area contributed by atoms with Gasteiger partial charge in [-0.1, -0.05) is 23.7 Å². The van der Waals surface area contributed by atoms with Crippen LogP contribution in [0.4, 0.5) is 0 Å². The molecule has 0 radical (unpaired) electrons. The average molecular weight is 228 g/mol. The smallest absolute Gasteiger partial charge is 0.233 e. The second-order valence-electron chi connectivity index (χ2n) is 3.22. The molecular formula is C10H10ClNOS. The van der Waals surface area contributed by atoms with Crippen LogP contribution in [-0.4, -0.2) is 23.6 Å². The van der Waals surface area contributed by atoms with E-state index < -0.39 is 0 Å². The number of hydrogen-bond donors (Lipinski definition) is 0. The van der Waals surface area contributed by atoms with E-state index in [0.29, 0.717) is 5.75 Å². The van der Waals surface area contributed by atoms with E-state index in [1.54, 1.807) is 16.7 Å². The van der Waals surface area contributed by atoms with Gasteiger partial charge in [-0.15, -0.1) is 11.8 Å². The Morgan fingerprint density at radius 3 is 2.57 bits per heavy atom. The molecule has 74 valence electrons. The molecule has 1 saturated heterocycles. The Labute approximate surface area is 92.2 Å². The highest BCUT2D eigenvalue weighted by Crippen LogP contribution is 2.37. The summed E-state index contributed by atoms with van der Waals surface area (Å²) in [5, 5.41) is 0.880. The molecule has 1 atom stereocenters. The summed E-state index contributed by atoms with van der Waals surface area (Å²) in [4.78, 5) is 13.1. The van der Waals surface area contributed by atoms with Crippen molar-refractivity contribution >= 4 is 29.3 Å². The number of nitrogens with zero attached hydrogens (tertiary/aromatic N) is 1. The van der Waals surface area contributed by atoms with Crippen LogP contribution >= 0.6 is 23.4 Å². The molecule has 2 nitrogen and oxygen atoms in total. The lowest BCUT2D eigenvalue weighted by Crippen LogP contribution is -2.22. The number of rotatable bonds is 1. The quantitative estimate of drug-likeness (QED) is 0.735. The van der Waals surface area contributed by atoms with Gasteiger partial charge in [-0.25, -0.2) is 0 Å². The number of halogens is 1. The highest BCUT2D eigenvalue weighted by Gasteiger charge is 2.29. The van der Waals surface area contributed by atoms with Crippen LogP contribution < -0.4 is 0 Å². The Balaban J connectivity index is 2.23. The molecule has 2 rings (SSSR count). The summed E-state index contributed by atoms with van der Waals surface area (Å²) in [6.07, 6.45) is 0. The second kappa shape index (κ2) is 3.83. The fourth-order valence-electron chi connectivity index (χ4n) is 1.44. The van der Waals surface area contributed by atoms with Crippen molar-refractivity contribution < 1.29 is 4.79 Å². The molecule has 1 amide bonds. The van der Waals surface area contributed by atoms with Crippen molar-refractivity contribution in [2.75, 3.05) is 12.8 Å². The summed E-state index contributed by atoms with van der Waals surface area (Å²) in [7, 11) is 1.83. The van der Waals surface area contributed by atoms with Crippen molar-refractivity contribution in [3.63, 3.8) is 0 Å². The number of amides is 1. The lowest BCUT2D eigenvalue weighted by molar-refractivity contribution is -0.126. The Morgan fingerprint density at radius 1 is 1.43 bits per heavy atom. The Hall–Kier alpha value is -0.670. The van der Waals surface area contributed by atoms with Gasteiger partial charge in [0.15, 0.2) is 0 Å².